The normalized spacial score (nSPS) is 19.6. The maximum Gasteiger partial charge on any atom is 0.252 e. The summed E-state index contributed by atoms with van der Waals surface area (Å²) in [6, 6.07) is 13.2. The van der Waals surface area contributed by atoms with Gasteiger partial charge >= 0.3 is 0 Å². The first kappa shape index (κ1) is 18.6. The number of carbonyl (C=O) groups is 1. The zero-order valence-corrected chi connectivity index (χ0v) is 16.5. The van der Waals surface area contributed by atoms with Gasteiger partial charge in [-0.05, 0) is 30.5 Å². The number of nitrogens with zero attached hydrogens (tertiary/aromatic N) is 1. The van der Waals surface area contributed by atoms with Gasteiger partial charge in [0.15, 0.2) is 0 Å². The van der Waals surface area contributed by atoms with Gasteiger partial charge in [-0.3, -0.25) is 4.79 Å². The largest absolute Gasteiger partial charge is 0.379 e. The second-order valence-corrected chi connectivity index (χ2v) is 10.2. The number of amides is 1. The minimum Gasteiger partial charge on any atom is -0.379 e. The van der Waals surface area contributed by atoms with Gasteiger partial charge in [-0.25, -0.2) is 8.42 Å². The molecule has 2 fully saturated rings. The van der Waals surface area contributed by atoms with Gasteiger partial charge in [0.25, 0.3) is 10.0 Å². The molecule has 1 aromatic heterocycles. The number of carbonyl (C=O) groups excluding carboxylic acids is 1. The number of morpholine rings is 1. The molecule has 2 aromatic rings. The van der Waals surface area contributed by atoms with E-state index in [-0.39, 0.29) is 5.91 Å². The van der Waals surface area contributed by atoms with Crippen molar-refractivity contribution in [2.45, 2.75) is 29.0 Å². The van der Waals surface area contributed by atoms with Crippen molar-refractivity contribution in [3.63, 3.8) is 0 Å². The summed E-state index contributed by atoms with van der Waals surface area (Å²) in [6.07, 6.45) is 1.70. The summed E-state index contributed by atoms with van der Waals surface area (Å²) < 4.78 is 32.4. The minimum atomic E-state index is -3.48. The standard InChI is InChI=1S/C19H22N2O4S2/c22-18(19(8-9-19)15-4-2-1-3-5-15)20-14-16-6-7-17(26-16)27(23,24)21-10-12-25-13-11-21/h1-7H,8-14H2,(H,20,22). The molecule has 8 heteroatoms. The highest BCUT2D eigenvalue weighted by atomic mass is 32.2. The van der Waals surface area contributed by atoms with Gasteiger partial charge in [-0.2, -0.15) is 4.31 Å². The molecule has 0 spiro atoms. The van der Waals surface area contributed by atoms with E-state index < -0.39 is 15.4 Å². The molecule has 1 amide bonds. The molecule has 1 saturated heterocycles. The molecular weight excluding hydrogens is 384 g/mol. The molecule has 0 bridgehead atoms. The number of ether oxygens (including phenoxy) is 1. The second kappa shape index (κ2) is 7.35. The molecule has 6 nitrogen and oxygen atoms in total. The molecule has 1 saturated carbocycles. The summed E-state index contributed by atoms with van der Waals surface area (Å²) in [5.41, 5.74) is 0.630. The van der Waals surface area contributed by atoms with E-state index in [0.717, 1.165) is 23.3 Å². The zero-order chi connectivity index (χ0) is 18.9. The van der Waals surface area contributed by atoms with Crippen LogP contribution in [0.25, 0.3) is 0 Å². The van der Waals surface area contributed by atoms with Crippen LogP contribution in [0, 0.1) is 0 Å². The van der Waals surface area contributed by atoms with Crippen LogP contribution in [-0.2, 0) is 31.5 Å². The molecule has 1 aliphatic heterocycles. The summed E-state index contributed by atoms with van der Waals surface area (Å²) >= 11 is 1.22. The van der Waals surface area contributed by atoms with E-state index >= 15 is 0 Å². The maximum absolute atomic E-state index is 12.7. The van der Waals surface area contributed by atoms with Gasteiger partial charge in [-0.15, -0.1) is 11.3 Å². The van der Waals surface area contributed by atoms with Gasteiger partial charge in [0.05, 0.1) is 25.2 Å². The molecule has 1 N–H and O–H groups in total. The van der Waals surface area contributed by atoms with Crippen molar-refractivity contribution in [3.05, 3.63) is 52.9 Å². The van der Waals surface area contributed by atoms with Crippen LogP contribution in [0.3, 0.4) is 0 Å². The maximum atomic E-state index is 12.7. The van der Waals surface area contributed by atoms with E-state index in [2.05, 4.69) is 5.32 Å². The summed E-state index contributed by atoms with van der Waals surface area (Å²) in [5.74, 6) is 0.0136. The SMILES string of the molecule is O=C(NCc1ccc(S(=O)(=O)N2CCOCC2)s1)C1(c2ccccc2)CC1. The molecule has 2 aliphatic rings. The van der Waals surface area contributed by atoms with Crippen LogP contribution in [0.1, 0.15) is 23.3 Å². The first-order chi connectivity index (χ1) is 13.0. The topological polar surface area (TPSA) is 75.7 Å². The van der Waals surface area contributed by atoms with E-state index in [1.165, 1.54) is 15.6 Å². The fraction of sp³-hybridized carbons (Fsp3) is 0.421. The van der Waals surface area contributed by atoms with Crippen LogP contribution in [0.2, 0.25) is 0 Å². The predicted octanol–water partition coefficient (Wildman–Crippen LogP) is 2.12. The fourth-order valence-electron chi connectivity index (χ4n) is 3.37. The van der Waals surface area contributed by atoms with Crippen molar-refractivity contribution in [1.82, 2.24) is 9.62 Å². The third-order valence-electron chi connectivity index (χ3n) is 5.14. The van der Waals surface area contributed by atoms with Crippen molar-refractivity contribution >= 4 is 27.3 Å². The Morgan fingerprint density at radius 3 is 2.48 bits per heavy atom. The van der Waals surface area contributed by atoms with Crippen molar-refractivity contribution in [3.8, 4) is 0 Å². The number of nitrogens with one attached hydrogen (secondary N) is 1. The highest BCUT2D eigenvalue weighted by molar-refractivity contribution is 7.91. The number of rotatable bonds is 6. The van der Waals surface area contributed by atoms with Crippen molar-refractivity contribution in [2.75, 3.05) is 26.3 Å². The number of benzene rings is 1. The lowest BCUT2D eigenvalue weighted by Gasteiger charge is -2.25. The van der Waals surface area contributed by atoms with E-state index in [4.69, 9.17) is 4.74 Å². The highest BCUT2D eigenvalue weighted by Gasteiger charge is 2.50. The quantitative estimate of drug-likeness (QED) is 0.797. The molecule has 0 atom stereocenters. The first-order valence-corrected chi connectivity index (χ1v) is 11.3. The van der Waals surface area contributed by atoms with Crippen molar-refractivity contribution < 1.29 is 17.9 Å². The van der Waals surface area contributed by atoms with Gasteiger partial charge in [0.2, 0.25) is 5.91 Å². The Morgan fingerprint density at radius 1 is 1.11 bits per heavy atom. The summed E-state index contributed by atoms with van der Waals surface area (Å²) in [7, 11) is -3.48. The molecule has 27 heavy (non-hydrogen) atoms. The Morgan fingerprint density at radius 2 is 1.81 bits per heavy atom. The number of hydrogen-bond donors (Lipinski definition) is 1. The first-order valence-electron chi connectivity index (χ1n) is 9.03. The van der Waals surface area contributed by atoms with Gasteiger partial charge in [-0.1, -0.05) is 30.3 Å². The molecule has 144 valence electrons. The van der Waals surface area contributed by atoms with E-state index in [9.17, 15) is 13.2 Å². The number of thiophene rings is 1. The van der Waals surface area contributed by atoms with Crippen molar-refractivity contribution in [2.24, 2.45) is 0 Å². The number of hydrogen-bond acceptors (Lipinski definition) is 5. The Kier molecular flexibility index (Phi) is 5.07. The Labute approximate surface area is 163 Å². The molecule has 0 unspecified atom stereocenters. The van der Waals surface area contributed by atoms with E-state index in [1.54, 1.807) is 12.1 Å². The summed E-state index contributed by atoms with van der Waals surface area (Å²) in [4.78, 5) is 13.5. The summed E-state index contributed by atoms with van der Waals surface area (Å²) in [5, 5.41) is 2.99. The monoisotopic (exact) mass is 406 g/mol. The zero-order valence-electron chi connectivity index (χ0n) is 14.9. The molecule has 4 rings (SSSR count). The average molecular weight is 407 g/mol. The Balaban J connectivity index is 1.41. The smallest absolute Gasteiger partial charge is 0.252 e. The predicted molar refractivity (Wildman–Crippen MR) is 103 cm³/mol. The lowest BCUT2D eigenvalue weighted by Crippen LogP contribution is -2.40. The van der Waals surface area contributed by atoms with Crippen LogP contribution in [0.15, 0.2) is 46.7 Å². The Bertz CT molecular complexity index is 914. The molecule has 0 radical (unpaired) electrons. The van der Waals surface area contributed by atoms with Gasteiger partial charge in [0.1, 0.15) is 4.21 Å². The van der Waals surface area contributed by atoms with Crippen LogP contribution in [0.5, 0.6) is 0 Å². The van der Waals surface area contributed by atoms with Crippen LogP contribution in [0.4, 0.5) is 0 Å². The van der Waals surface area contributed by atoms with E-state index in [1.807, 2.05) is 30.3 Å². The third-order valence-corrected chi connectivity index (χ3v) is 8.59. The molecule has 1 aromatic carbocycles. The molecule has 1 aliphatic carbocycles. The second-order valence-electron chi connectivity index (χ2n) is 6.87. The minimum absolute atomic E-state index is 0.0136. The van der Waals surface area contributed by atoms with Gasteiger partial charge < -0.3 is 10.1 Å². The molecular formula is C19H22N2O4S2. The Hall–Kier alpha value is -1.74. The van der Waals surface area contributed by atoms with Crippen molar-refractivity contribution in [1.29, 1.82) is 0 Å². The molecule has 2 heterocycles. The number of sulfonamides is 1. The summed E-state index contributed by atoms with van der Waals surface area (Å²) in [6.45, 7) is 1.96. The lowest BCUT2D eigenvalue weighted by molar-refractivity contribution is -0.123. The highest BCUT2D eigenvalue weighted by Crippen LogP contribution is 2.48. The van der Waals surface area contributed by atoms with Crippen LogP contribution in [-0.4, -0.2) is 44.9 Å². The third kappa shape index (κ3) is 3.67. The van der Waals surface area contributed by atoms with Crippen LogP contribution < -0.4 is 5.32 Å². The average Bonchev–Trinajstić information content (AvgIpc) is 3.38. The fourth-order valence-corrected chi connectivity index (χ4v) is 6.23. The van der Waals surface area contributed by atoms with E-state index in [0.29, 0.717) is 37.1 Å². The van der Waals surface area contributed by atoms with Gasteiger partial charge in [0, 0.05) is 18.0 Å². The van der Waals surface area contributed by atoms with Crippen LogP contribution >= 0.6 is 11.3 Å². The lowest BCUT2D eigenvalue weighted by atomic mass is 9.95.